The molecule has 116 valence electrons. The van der Waals surface area contributed by atoms with Crippen molar-refractivity contribution >= 4 is 12.0 Å². The third-order valence-corrected chi connectivity index (χ3v) is 4.45. The Labute approximate surface area is 121 Å². The fraction of sp³-hybridized carbons (Fsp3) is 0.867. The summed E-state index contributed by atoms with van der Waals surface area (Å²) in [5.41, 5.74) is -0.719. The number of amides is 2. The normalized spacial score (nSPS) is 17.9. The number of carbonyl (C=O) groups is 2. The number of urea groups is 1. The summed E-state index contributed by atoms with van der Waals surface area (Å²) in [7, 11) is 0. The minimum absolute atomic E-state index is 0.236. The number of hydrogen-bond donors (Lipinski definition) is 3. The molecule has 0 bridgehead atoms. The van der Waals surface area contributed by atoms with E-state index < -0.39 is 11.4 Å². The molecule has 1 aliphatic rings. The van der Waals surface area contributed by atoms with Gasteiger partial charge in [0.2, 0.25) is 0 Å². The molecule has 1 unspecified atom stereocenters. The molecule has 0 aromatic rings. The first-order valence-corrected chi connectivity index (χ1v) is 7.79. The lowest BCUT2D eigenvalue weighted by Gasteiger charge is -2.37. The van der Waals surface area contributed by atoms with Crippen molar-refractivity contribution in [3.63, 3.8) is 0 Å². The first kappa shape index (κ1) is 16.8. The molecule has 0 radical (unpaired) electrons. The second kappa shape index (κ2) is 8.12. The summed E-state index contributed by atoms with van der Waals surface area (Å²) in [6.07, 6.45) is 6.80. The van der Waals surface area contributed by atoms with Gasteiger partial charge >= 0.3 is 12.0 Å². The summed E-state index contributed by atoms with van der Waals surface area (Å²) < 4.78 is 0. The number of unbranched alkanes of at least 4 members (excludes halogenated alkanes) is 1. The zero-order valence-corrected chi connectivity index (χ0v) is 12.7. The van der Waals surface area contributed by atoms with Crippen molar-refractivity contribution in [3.05, 3.63) is 0 Å². The van der Waals surface area contributed by atoms with Gasteiger partial charge in [-0.15, -0.1) is 0 Å². The van der Waals surface area contributed by atoms with Crippen LogP contribution in [0.15, 0.2) is 0 Å². The Morgan fingerprint density at radius 1 is 1.25 bits per heavy atom. The van der Waals surface area contributed by atoms with Gasteiger partial charge in [-0.2, -0.15) is 0 Å². The monoisotopic (exact) mass is 284 g/mol. The van der Waals surface area contributed by atoms with Crippen LogP contribution in [0.3, 0.4) is 0 Å². The highest BCUT2D eigenvalue weighted by molar-refractivity contribution is 5.78. The summed E-state index contributed by atoms with van der Waals surface area (Å²) >= 11 is 0. The molecule has 1 rings (SSSR count). The summed E-state index contributed by atoms with van der Waals surface area (Å²) in [6.45, 7) is 5.20. The number of carbonyl (C=O) groups excluding carboxylic acids is 1. The van der Waals surface area contributed by atoms with E-state index in [4.69, 9.17) is 0 Å². The molecule has 0 spiro atoms. The second-order valence-electron chi connectivity index (χ2n) is 5.92. The first-order chi connectivity index (χ1) is 9.54. The molecule has 1 saturated carbocycles. The van der Waals surface area contributed by atoms with Gasteiger partial charge in [-0.1, -0.05) is 39.5 Å². The number of carboxylic acids is 1. The van der Waals surface area contributed by atoms with Gasteiger partial charge < -0.3 is 15.7 Å². The van der Waals surface area contributed by atoms with E-state index >= 15 is 0 Å². The third-order valence-electron chi connectivity index (χ3n) is 4.45. The Morgan fingerprint density at radius 3 is 2.40 bits per heavy atom. The Morgan fingerprint density at radius 2 is 1.95 bits per heavy atom. The molecule has 0 aromatic carbocycles. The van der Waals surface area contributed by atoms with E-state index in [0.29, 0.717) is 25.3 Å². The van der Waals surface area contributed by atoms with Crippen molar-refractivity contribution < 1.29 is 14.7 Å². The van der Waals surface area contributed by atoms with Gasteiger partial charge in [0.1, 0.15) is 0 Å². The molecule has 0 aromatic heterocycles. The quantitative estimate of drug-likeness (QED) is 0.609. The van der Waals surface area contributed by atoms with Crippen LogP contribution in [-0.4, -0.2) is 30.2 Å². The number of nitrogens with one attached hydrogen (secondary N) is 2. The van der Waals surface area contributed by atoms with Crippen LogP contribution in [0.4, 0.5) is 4.79 Å². The average Bonchev–Trinajstić information content (AvgIpc) is 2.37. The largest absolute Gasteiger partial charge is 0.481 e. The molecule has 2 amide bonds. The lowest BCUT2D eigenvalue weighted by atomic mass is 9.69. The van der Waals surface area contributed by atoms with Gasteiger partial charge in [0, 0.05) is 13.1 Å². The Bertz CT molecular complexity index is 327. The highest BCUT2D eigenvalue weighted by atomic mass is 16.4. The van der Waals surface area contributed by atoms with E-state index in [1.807, 2.05) is 0 Å². The molecule has 1 aliphatic carbocycles. The summed E-state index contributed by atoms with van der Waals surface area (Å²) in [5, 5.41) is 14.7. The summed E-state index contributed by atoms with van der Waals surface area (Å²) in [4.78, 5) is 22.9. The number of carboxylic acid groups (broad SMARTS) is 1. The fourth-order valence-electron chi connectivity index (χ4n) is 2.56. The van der Waals surface area contributed by atoms with Crippen LogP contribution in [0.5, 0.6) is 0 Å². The van der Waals surface area contributed by atoms with Crippen molar-refractivity contribution in [1.29, 1.82) is 0 Å². The van der Waals surface area contributed by atoms with Crippen LogP contribution in [0.25, 0.3) is 0 Å². The lowest BCUT2D eigenvalue weighted by molar-refractivity contribution is -0.153. The molecule has 1 fully saturated rings. The number of rotatable bonds is 9. The van der Waals surface area contributed by atoms with Gasteiger partial charge in [0.25, 0.3) is 0 Å². The van der Waals surface area contributed by atoms with E-state index in [2.05, 4.69) is 24.5 Å². The molecule has 0 heterocycles. The van der Waals surface area contributed by atoms with Crippen LogP contribution in [0.2, 0.25) is 0 Å². The fourth-order valence-corrected chi connectivity index (χ4v) is 2.56. The maximum atomic E-state index is 11.7. The Hall–Kier alpha value is -1.26. The highest BCUT2D eigenvalue weighted by Crippen LogP contribution is 2.40. The Balaban J connectivity index is 2.24. The van der Waals surface area contributed by atoms with Crippen molar-refractivity contribution in [2.75, 3.05) is 13.1 Å². The predicted molar refractivity (Wildman–Crippen MR) is 78.6 cm³/mol. The molecular weight excluding hydrogens is 256 g/mol. The van der Waals surface area contributed by atoms with Crippen LogP contribution in [-0.2, 0) is 4.79 Å². The maximum absolute atomic E-state index is 11.7. The standard InChI is InChI=1S/C15H28N2O3/c1-3-5-7-12(4-2)10-16-14(20)17-11-15(13(18)19)8-6-9-15/h12H,3-11H2,1-2H3,(H,18,19)(H2,16,17,20). The number of hydrogen-bond acceptors (Lipinski definition) is 2. The van der Waals surface area contributed by atoms with E-state index in [0.717, 1.165) is 19.3 Å². The van der Waals surface area contributed by atoms with Crippen molar-refractivity contribution in [2.45, 2.75) is 58.8 Å². The van der Waals surface area contributed by atoms with E-state index in [9.17, 15) is 14.7 Å². The van der Waals surface area contributed by atoms with Gasteiger partial charge in [-0.05, 0) is 25.2 Å². The highest BCUT2D eigenvalue weighted by Gasteiger charge is 2.44. The van der Waals surface area contributed by atoms with E-state index in [1.54, 1.807) is 0 Å². The Kier molecular flexibility index (Phi) is 6.82. The van der Waals surface area contributed by atoms with Crippen molar-refractivity contribution in [2.24, 2.45) is 11.3 Å². The predicted octanol–water partition coefficient (Wildman–Crippen LogP) is 2.76. The van der Waals surface area contributed by atoms with E-state index in [1.165, 1.54) is 12.8 Å². The van der Waals surface area contributed by atoms with Crippen LogP contribution < -0.4 is 10.6 Å². The topological polar surface area (TPSA) is 78.4 Å². The number of aliphatic carboxylic acids is 1. The third kappa shape index (κ3) is 4.69. The van der Waals surface area contributed by atoms with Gasteiger partial charge in [0.15, 0.2) is 0 Å². The smallest absolute Gasteiger partial charge is 0.314 e. The minimum Gasteiger partial charge on any atom is -0.481 e. The molecular formula is C15H28N2O3. The zero-order chi connectivity index (χ0) is 15.0. The lowest BCUT2D eigenvalue weighted by Crippen LogP contribution is -2.50. The van der Waals surface area contributed by atoms with Crippen molar-refractivity contribution in [1.82, 2.24) is 10.6 Å². The molecule has 0 aliphatic heterocycles. The SMILES string of the molecule is CCCCC(CC)CNC(=O)NCC1(C(=O)O)CCC1. The minimum atomic E-state index is -0.793. The van der Waals surface area contributed by atoms with Crippen LogP contribution in [0.1, 0.15) is 58.8 Å². The molecule has 3 N–H and O–H groups in total. The summed E-state index contributed by atoms with van der Waals surface area (Å²) in [5.74, 6) is -0.281. The van der Waals surface area contributed by atoms with Crippen LogP contribution in [0, 0.1) is 11.3 Å². The van der Waals surface area contributed by atoms with Gasteiger partial charge in [-0.25, -0.2) is 4.79 Å². The van der Waals surface area contributed by atoms with E-state index in [-0.39, 0.29) is 12.6 Å². The molecule has 5 heteroatoms. The van der Waals surface area contributed by atoms with Crippen LogP contribution >= 0.6 is 0 Å². The first-order valence-electron chi connectivity index (χ1n) is 7.79. The maximum Gasteiger partial charge on any atom is 0.314 e. The van der Waals surface area contributed by atoms with Crippen molar-refractivity contribution in [3.8, 4) is 0 Å². The average molecular weight is 284 g/mol. The molecule has 0 saturated heterocycles. The summed E-state index contributed by atoms with van der Waals surface area (Å²) in [6, 6.07) is -0.243. The molecule has 1 atom stereocenters. The molecule has 5 nitrogen and oxygen atoms in total. The zero-order valence-electron chi connectivity index (χ0n) is 12.7. The second-order valence-corrected chi connectivity index (χ2v) is 5.92. The molecule has 20 heavy (non-hydrogen) atoms. The van der Waals surface area contributed by atoms with Gasteiger partial charge in [-0.3, -0.25) is 4.79 Å². The van der Waals surface area contributed by atoms with Gasteiger partial charge in [0.05, 0.1) is 5.41 Å².